The highest BCUT2D eigenvalue weighted by Crippen LogP contribution is 2.25. The molecule has 18 heavy (non-hydrogen) atoms. The van der Waals surface area contributed by atoms with Crippen LogP contribution < -0.4 is 5.32 Å². The Kier molecular flexibility index (Phi) is 5.18. The molecular weight excluding hydrogens is 224 g/mol. The molecular formula is C15H22N2O. The van der Waals surface area contributed by atoms with E-state index in [0.717, 1.165) is 30.6 Å². The number of anilines is 1. The second-order valence-electron chi connectivity index (χ2n) is 5.45. The summed E-state index contributed by atoms with van der Waals surface area (Å²) in [4.78, 5) is 0. The van der Waals surface area contributed by atoms with Crippen LogP contribution in [0.3, 0.4) is 0 Å². The van der Waals surface area contributed by atoms with Gasteiger partial charge in [-0.3, -0.25) is 0 Å². The van der Waals surface area contributed by atoms with E-state index >= 15 is 0 Å². The molecule has 2 N–H and O–H groups in total. The van der Waals surface area contributed by atoms with Gasteiger partial charge < -0.3 is 10.4 Å². The number of rotatable bonds is 6. The third kappa shape index (κ3) is 4.05. The quantitative estimate of drug-likeness (QED) is 0.811. The number of aliphatic hydroxyl groups excluding tert-OH is 1. The summed E-state index contributed by atoms with van der Waals surface area (Å²) in [5, 5.41) is 21.3. The van der Waals surface area contributed by atoms with Gasteiger partial charge in [-0.05, 0) is 36.8 Å². The van der Waals surface area contributed by atoms with Crippen LogP contribution in [0.5, 0.6) is 0 Å². The van der Waals surface area contributed by atoms with Gasteiger partial charge in [-0.25, -0.2) is 0 Å². The third-order valence-electron chi connectivity index (χ3n) is 3.15. The molecule has 3 heteroatoms. The summed E-state index contributed by atoms with van der Waals surface area (Å²) in [6, 6.07) is 7.95. The van der Waals surface area contributed by atoms with E-state index in [4.69, 9.17) is 10.4 Å². The van der Waals surface area contributed by atoms with Gasteiger partial charge in [-0.1, -0.05) is 26.0 Å². The predicted molar refractivity (Wildman–Crippen MR) is 74.5 cm³/mol. The van der Waals surface area contributed by atoms with E-state index in [1.807, 2.05) is 25.1 Å². The fraction of sp³-hybridized carbons (Fsp3) is 0.533. The molecule has 1 aromatic rings. The lowest BCUT2D eigenvalue weighted by Gasteiger charge is -2.26. The monoisotopic (exact) mass is 246 g/mol. The summed E-state index contributed by atoms with van der Waals surface area (Å²) in [5.74, 6) is 0. The lowest BCUT2D eigenvalue weighted by atomic mass is 9.87. The number of para-hydroxylation sites is 1. The van der Waals surface area contributed by atoms with Crippen molar-refractivity contribution in [3.63, 3.8) is 0 Å². The average Bonchev–Trinajstić information content (AvgIpc) is 2.34. The summed E-state index contributed by atoms with van der Waals surface area (Å²) in [6.07, 6.45) is 1.78. The van der Waals surface area contributed by atoms with Crippen LogP contribution in [-0.4, -0.2) is 18.3 Å². The van der Waals surface area contributed by atoms with Gasteiger partial charge in [0.25, 0.3) is 0 Å². The summed E-state index contributed by atoms with van der Waals surface area (Å²) >= 11 is 0. The highest BCUT2D eigenvalue weighted by molar-refractivity contribution is 5.62. The zero-order valence-electron chi connectivity index (χ0n) is 11.5. The largest absolute Gasteiger partial charge is 0.396 e. The number of hydrogen-bond donors (Lipinski definition) is 2. The van der Waals surface area contributed by atoms with E-state index in [0.29, 0.717) is 5.56 Å². The first-order valence-corrected chi connectivity index (χ1v) is 6.34. The van der Waals surface area contributed by atoms with E-state index in [-0.39, 0.29) is 12.0 Å². The van der Waals surface area contributed by atoms with E-state index in [1.54, 1.807) is 0 Å². The van der Waals surface area contributed by atoms with Gasteiger partial charge in [0.15, 0.2) is 0 Å². The van der Waals surface area contributed by atoms with Crippen molar-refractivity contribution in [3.05, 3.63) is 29.3 Å². The molecule has 1 rings (SSSR count). The normalized spacial score (nSPS) is 11.1. The lowest BCUT2D eigenvalue weighted by Crippen LogP contribution is -2.24. The van der Waals surface area contributed by atoms with Crippen LogP contribution in [0, 0.1) is 23.7 Å². The average molecular weight is 246 g/mol. The fourth-order valence-electron chi connectivity index (χ4n) is 1.97. The maximum absolute atomic E-state index is 9.09. The molecule has 0 unspecified atom stereocenters. The Bertz CT molecular complexity index is 433. The van der Waals surface area contributed by atoms with Gasteiger partial charge in [0.2, 0.25) is 0 Å². The Labute approximate surface area is 109 Å². The second-order valence-corrected chi connectivity index (χ2v) is 5.45. The first-order valence-electron chi connectivity index (χ1n) is 6.34. The van der Waals surface area contributed by atoms with Crippen LogP contribution in [0.25, 0.3) is 0 Å². The van der Waals surface area contributed by atoms with E-state index in [2.05, 4.69) is 25.2 Å². The molecule has 0 heterocycles. The van der Waals surface area contributed by atoms with E-state index in [9.17, 15) is 0 Å². The molecule has 0 radical (unpaired) electrons. The minimum Gasteiger partial charge on any atom is -0.396 e. The molecule has 3 nitrogen and oxygen atoms in total. The van der Waals surface area contributed by atoms with Crippen molar-refractivity contribution in [1.29, 1.82) is 5.26 Å². The van der Waals surface area contributed by atoms with Crippen molar-refractivity contribution in [2.75, 3.05) is 18.5 Å². The predicted octanol–water partition coefficient (Wildman–Crippen LogP) is 3.08. The number of hydrogen-bond acceptors (Lipinski definition) is 3. The molecule has 0 aliphatic heterocycles. The Morgan fingerprint density at radius 1 is 1.39 bits per heavy atom. The Hall–Kier alpha value is -1.53. The molecule has 0 saturated carbocycles. The number of nitrogens with one attached hydrogen (secondary N) is 1. The van der Waals surface area contributed by atoms with Crippen LogP contribution in [-0.2, 0) is 0 Å². The molecule has 0 bridgehead atoms. The summed E-state index contributed by atoms with van der Waals surface area (Å²) in [7, 11) is 0. The number of nitrogens with zero attached hydrogens (tertiary/aromatic N) is 1. The van der Waals surface area contributed by atoms with Gasteiger partial charge in [0, 0.05) is 13.2 Å². The highest BCUT2D eigenvalue weighted by Gasteiger charge is 2.18. The van der Waals surface area contributed by atoms with Crippen molar-refractivity contribution in [3.8, 4) is 6.07 Å². The molecule has 0 spiro atoms. The molecule has 0 saturated heterocycles. The Morgan fingerprint density at radius 3 is 2.72 bits per heavy atom. The summed E-state index contributed by atoms with van der Waals surface area (Å²) < 4.78 is 0. The zero-order chi connectivity index (χ0) is 13.6. The van der Waals surface area contributed by atoms with Crippen molar-refractivity contribution in [1.82, 2.24) is 0 Å². The molecule has 0 atom stereocenters. The van der Waals surface area contributed by atoms with Gasteiger partial charge in [0.05, 0.1) is 11.3 Å². The first kappa shape index (κ1) is 14.5. The third-order valence-corrected chi connectivity index (χ3v) is 3.15. The number of aliphatic hydroxyl groups is 1. The summed E-state index contributed by atoms with van der Waals surface area (Å²) in [6.45, 7) is 7.37. The molecule has 98 valence electrons. The van der Waals surface area contributed by atoms with Crippen molar-refractivity contribution in [2.24, 2.45) is 5.41 Å². The minimum absolute atomic E-state index is 0.109. The van der Waals surface area contributed by atoms with Gasteiger partial charge in [0.1, 0.15) is 6.07 Å². The van der Waals surface area contributed by atoms with Crippen LogP contribution in [0.15, 0.2) is 18.2 Å². The summed E-state index contributed by atoms with van der Waals surface area (Å²) in [5.41, 5.74) is 2.81. The van der Waals surface area contributed by atoms with Crippen LogP contribution in [0.4, 0.5) is 5.69 Å². The van der Waals surface area contributed by atoms with Crippen molar-refractivity contribution in [2.45, 2.75) is 33.6 Å². The van der Waals surface area contributed by atoms with E-state index < -0.39 is 0 Å². The molecule has 0 fully saturated rings. The van der Waals surface area contributed by atoms with Crippen molar-refractivity contribution >= 4 is 5.69 Å². The van der Waals surface area contributed by atoms with Gasteiger partial charge in [-0.2, -0.15) is 5.26 Å². The number of benzene rings is 1. The smallest absolute Gasteiger partial charge is 0.101 e. The molecule has 0 aromatic heterocycles. The molecule has 0 aliphatic rings. The second kappa shape index (κ2) is 6.42. The minimum atomic E-state index is 0.109. The molecule has 0 aliphatic carbocycles. The lowest BCUT2D eigenvalue weighted by molar-refractivity contribution is 0.248. The topological polar surface area (TPSA) is 56.0 Å². The molecule has 0 amide bonds. The standard InChI is InChI=1S/C15H22N2O/c1-12-6-4-7-13(10-16)14(12)17-11-15(2,3)8-5-9-18/h4,6-7,17-18H,5,8-9,11H2,1-3H3. The van der Waals surface area contributed by atoms with E-state index in [1.165, 1.54) is 0 Å². The van der Waals surface area contributed by atoms with Gasteiger partial charge >= 0.3 is 0 Å². The maximum atomic E-state index is 9.09. The fourth-order valence-corrected chi connectivity index (χ4v) is 1.97. The van der Waals surface area contributed by atoms with Crippen LogP contribution >= 0.6 is 0 Å². The van der Waals surface area contributed by atoms with Crippen molar-refractivity contribution < 1.29 is 5.11 Å². The number of nitriles is 1. The Balaban J connectivity index is 2.72. The number of aryl methyl sites for hydroxylation is 1. The highest BCUT2D eigenvalue weighted by atomic mass is 16.2. The maximum Gasteiger partial charge on any atom is 0.101 e. The van der Waals surface area contributed by atoms with Crippen LogP contribution in [0.1, 0.15) is 37.8 Å². The van der Waals surface area contributed by atoms with Gasteiger partial charge in [-0.15, -0.1) is 0 Å². The first-order chi connectivity index (χ1) is 8.50. The molecule has 1 aromatic carbocycles. The Morgan fingerprint density at radius 2 is 2.11 bits per heavy atom. The zero-order valence-corrected chi connectivity index (χ0v) is 11.5. The van der Waals surface area contributed by atoms with Crippen LogP contribution in [0.2, 0.25) is 0 Å². The SMILES string of the molecule is Cc1cccc(C#N)c1NCC(C)(C)CCCO.